The molecule has 16 heavy (non-hydrogen) atoms. The normalized spacial score (nSPS) is 17.4. The summed E-state index contributed by atoms with van der Waals surface area (Å²) < 4.78 is 13.8. The summed E-state index contributed by atoms with van der Waals surface area (Å²) in [5.74, 6) is 0.554. The number of nitrogens with one attached hydrogen (secondary N) is 1. The van der Waals surface area contributed by atoms with Crippen LogP contribution in [0.25, 0.3) is 0 Å². The summed E-state index contributed by atoms with van der Waals surface area (Å²) in [6, 6.07) is 4.96. The highest BCUT2D eigenvalue weighted by molar-refractivity contribution is 6.31. The van der Waals surface area contributed by atoms with E-state index in [-0.39, 0.29) is 11.9 Å². The van der Waals surface area contributed by atoms with Gasteiger partial charge in [-0.3, -0.25) is 0 Å². The molecule has 88 valence electrons. The van der Waals surface area contributed by atoms with Gasteiger partial charge in [0.15, 0.2) is 0 Å². The molecule has 3 heteroatoms. The SMILES string of the molecule is CCNC(CC1CC1)c1c(F)cccc1Cl. The molecule has 1 unspecified atom stereocenters. The van der Waals surface area contributed by atoms with Crippen LogP contribution in [0.15, 0.2) is 18.2 Å². The first kappa shape index (κ1) is 11.9. The quantitative estimate of drug-likeness (QED) is 0.824. The third kappa shape index (κ3) is 2.74. The molecule has 0 aromatic heterocycles. The molecular weight excluding hydrogens is 225 g/mol. The molecule has 1 aromatic carbocycles. The van der Waals surface area contributed by atoms with E-state index in [9.17, 15) is 4.39 Å². The van der Waals surface area contributed by atoms with Crippen LogP contribution in [0.4, 0.5) is 4.39 Å². The fourth-order valence-corrected chi connectivity index (χ4v) is 2.37. The highest BCUT2D eigenvalue weighted by Crippen LogP contribution is 2.39. The highest BCUT2D eigenvalue weighted by atomic mass is 35.5. The number of hydrogen-bond donors (Lipinski definition) is 1. The van der Waals surface area contributed by atoms with Crippen LogP contribution < -0.4 is 5.32 Å². The lowest BCUT2D eigenvalue weighted by molar-refractivity contribution is 0.463. The molecule has 0 bridgehead atoms. The zero-order valence-electron chi connectivity index (χ0n) is 9.47. The third-order valence-corrected chi connectivity index (χ3v) is 3.39. The van der Waals surface area contributed by atoms with Crippen molar-refractivity contribution in [2.75, 3.05) is 6.54 Å². The van der Waals surface area contributed by atoms with Crippen LogP contribution in [0.2, 0.25) is 5.02 Å². The van der Waals surface area contributed by atoms with Crippen molar-refractivity contribution in [3.8, 4) is 0 Å². The van der Waals surface area contributed by atoms with E-state index in [0.717, 1.165) is 18.9 Å². The second-order valence-electron chi connectivity index (χ2n) is 4.42. The molecule has 1 fully saturated rings. The van der Waals surface area contributed by atoms with Crippen molar-refractivity contribution >= 4 is 11.6 Å². The minimum Gasteiger partial charge on any atom is -0.310 e. The Morgan fingerprint density at radius 1 is 1.50 bits per heavy atom. The maximum Gasteiger partial charge on any atom is 0.129 e. The molecule has 1 nitrogen and oxygen atoms in total. The maximum atomic E-state index is 13.8. The van der Waals surface area contributed by atoms with E-state index in [2.05, 4.69) is 5.32 Å². The standard InChI is InChI=1S/C13H17ClFN/c1-2-16-12(8-9-6-7-9)13-10(14)4-3-5-11(13)15/h3-5,9,12,16H,2,6-8H2,1H3. The lowest BCUT2D eigenvalue weighted by atomic mass is 10.0. The van der Waals surface area contributed by atoms with Crippen molar-refractivity contribution < 1.29 is 4.39 Å². The van der Waals surface area contributed by atoms with Gasteiger partial charge >= 0.3 is 0 Å². The molecule has 1 aliphatic carbocycles. The van der Waals surface area contributed by atoms with Crippen molar-refractivity contribution in [1.82, 2.24) is 5.32 Å². The van der Waals surface area contributed by atoms with E-state index >= 15 is 0 Å². The minimum atomic E-state index is -0.195. The van der Waals surface area contributed by atoms with Crippen molar-refractivity contribution in [2.24, 2.45) is 5.92 Å². The van der Waals surface area contributed by atoms with Gasteiger partial charge in [-0.1, -0.05) is 37.4 Å². The molecule has 1 atom stereocenters. The van der Waals surface area contributed by atoms with Crippen LogP contribution in [0.3, 0.4) is 0 Å². The molecule has 0 amide bonds. The number of hydrogen-bond acceptors (Lipinski definition) is 1. The Hall–Kier alpha value is -0.600. The number of halogens is 2. The Labute approximate surface area is 101 Å². The van der Waals surface area contributed by atoms with Gasteiger partial charge < -0.3 is 5.32 Å². The summed E-state index contributed by atoms with van der Waals surface area (Å²) in [6.45, 7) is 2.87. The van der Waals surface area contributed by atoms with Crippen molar-refractivity contribution in [3.63, 3.8) is 0 Å². The maximum absolute atomic E-state index is 13.8. The van der Waals surface area contributed by atoms with Gasteiger partial charge in [0.2, 0.25) is 0 Å². The Morgan fingerprint density at radius 3 is 2.81 bits per heavy atom. The van der Waals surface area contributed by atoms with Crippen molar-refractivity contribution in [1.29, 1.82) is 0 Å². The molecule has 0 saturated heterocycles. The summed E-state index contributed by atoms with van der Waals surface area (Å²) in [5.41, 5.74) is 0.637. The summed E-state index contributed by atoms with van der Waals surface area (Å²) in [4.78, 5) is 0. The molecule has 2 rings (SSSR count). The van der Waals surface area contributed by atoms with E-state index in [1.54, 1.807) is 12.1 Å². The van der Waals surface area contributed by atoms with Crippen molar-refractivity contribution in [3.05, 3.63) is 34.6 Å². The lowest BCUT2D eigenvalue weighted by Crippen LogP contribution is -2.22. The third-order valence-electron chi connectivity index (χ3n) is 3.06. The molecular formula is C13H17ClFN. The lowest BCUT2D eigenvalue weighted by Gasteiger charge is -2.20. The molecule has 0 spiro atoms. The van der Waals surface area contributed by atoms with Crippen LogP contribution in [-0.2, 0) is 0 Å². The fraction of sp³-hybridized carbons (Fsp3) is 0.538. The molecule has 0 aliphatic heterocycles. The van der Waals surface area contributed by atoms with Gasteiger partial charge in [0.05, 0.1) is 0 Å². The minimum absolute atomic E-state index is 0.0613. The second kappa shape index (κ2) is 5.15. The van der Waals surface area contributed by atoms with Gasteiger partial charge in [-0.15, -0.1) is 0 Å². The largest absolute Gasteiger partial charge is 0.310 e. The molecule has 1 N–H and O–H groups in total. The van der Waals surface area contributed by atoms with Crippen LogP contribution >= 0.6 is 11.6 Å². The van der Waals surface area contributed by atoms with Crippen LogP contribution in [-0.4, -0.2) is 6.54 Å². The highest BCUT2D eigenvalue weighted by Gasteiger charge is 2.28. The first-order valence-corrected chi connectivity index (χ1v) is 6.27. The summed E-state index contributed by atoms with van der Waals surface area (Å²) in [7, 11) is 0. The molecule has 0 radical (unpaired) electrons. The van der Waals surface area contributed by atoms with Crippen LogP contribution in [0, 0.1) is 11.7 Å². The van der Waals surface area contributed by atoms with E-state index in [4.69, 9.17) is 11.6 Å². The fourth-order valence-electron chi connectivity index (χ4n) is 2.08. The van der Waals surface area contributed by atoms with E-state index in [1.807, 2.05) is 6.92 Å². The van der Waals surface area contributed by atoms with E-state index < -0.39 is 0 Å². The van der Waals surface area contributed by atoms with Crippen LogP contribution in [0.1, 0.15) is 37.8 Å². The summed E-state index contributed by atoms with van der Waals surface area (Å²) >= 11 is 6.08. The smallest absolute Gasteiger partial charge is 0.129 e. The summed E-state index contributed by atoms with van der Waals surface area (Å²) in [6.07, 6.45) is 3.54. The first-order valence-electron chi connectivity index (χ1n) is 5.89. The Bertz CT molecular complexity index is 343. The van der Waals surface area contributed by atoms with Gasteiger partial charge in [-0.2, -0.15) is 0 Å². The van der Waals surface area contributed by atoms with Gasteiger partial charge in [-0.05, 0) is 31.0 Å². The zero-order valence-corrected chi connectivity index (χ0v) is 10.2. The Kier molecular flexibility index (Phi) is 3.82. The second-order valence-corrected chi connectivity index (χ2v) is 4.83. The first-order chi connectivity index (χ1) is 7.72. The zero-order chi connectivity index (χ0) is 11.5. The van der Waals surface area contributed by atoms with Crippen molar-refractivity contribution in [2.45, 2.75) is 32.2 Å². The van der Waals surface area contributed by atoms with Gasteiger partial charge in [0.1, 0.15) is 5.82 Å². The van der Waals surface area contributed by atoms with Gasteiger partial charge in [0, 0.05) is 16.6 Å². The molecule has 0 heterocycles. The molecule has 1 saturated carbocycles. The Balaban J connectivity index is 2.21. The number of rotatable bonds is 5. The van der Waals surface area contributed by atoms with E-state index in [1.165, 1.54) is 18.9 Å². The Morgan fingerprint density at radius 2 is 2.25 bits per heavy atom. The predicted octanol–water partition coefficient (Wildman–Crippen LogP) is 3.93. The monoisotopic (exact) mass is 241 g/mol. The van der Waals surface area contributed by atoms with Gasteiger partial charge in [-0.25, -0.2) is 4.39 Å². The average molecular weight is 242 g/mol. The van der Waals surface area contributed by atoms with E-state index in [0.29, 0.717) is 10.6 Å². The average Bonchev–Trinajstić information content (AvgIpc) is 3.01. The molecule has 1 aromatic rings. The van der Waals surface area contributed by atoms with Crippen LogP contribution in [0.5, 0.6) is 0 Å². The summed E-state index contributed by atoms with van der Waals surface area (Å²) in [5, 5.41) is 3.86. The predicted molar refractivity (Wildman–Crippen MR) is 65.2 cm³/mol. The topological polar surface area (TPSA) is 12.0 Å². The number of benzene rings is 1. The molecule has 1 aliphatic rings. The van der Waals surface area contributed by atoms with Gasteiger partial charge in [0.25, 0.3) is 0 Å².